The van der Waals surface area contributed by atoms with Crippen LogP contribution >= 0.6 is 11.8 Å². The molecule has 0 N–H and O–H groups in total. The molecule has 1 radical (unpaired) electrons. The number of hydrogen-bond donors (Lipinski definition) is 0. The Kier molecular flexibility index (Phi) is 3.37. The third-order valence-corrected chi connectivity index (χ3v) is 3.17. The molecule has 2 nitrogen and oxygen atoms in total. The van der Waals surface area contributed by atoms with Crippen LogP contribution in [0, 0.1) is 6.08 Å². The highest BCUT2D eigenvalue weighted by Gasteiger charge is 2.19. The van der Waals surface area contributed by atoms with Crippen molar-refractivity contribution < 1.29 is 9.59 Å². The molecule has 0 aromatic heterocycles. The summed E-state index contributed by atoms with van der Waals surface area (Å²) in [5, 5.41) is 0. The molecule has 1 aliphatic carbocycles. The molecule has 1 aromatic rings. The number of Topliss-reactive ketones (excluding diaryl/α,β-unsaturated/α-hetero) is 1. The largest absolute Gasteiger partial charge is 0.286 e. The molecule has 1 aromatic carbocycles. The quantitative estimate of drug-likeness (QED) is 0.589. The van der Waals surface area contributed by atoms with E-state index in [1.54, 1.807) is 0 Å². The van der Waals surface area contributed by atoms with Gasteiger partial charge in [-0.3, -0.25) is 9.59 Å². The van der Waals surface area contributed by atoms with Gasteiger partial charge in [-0.05, 0) is 17.7 Å². The Morgan fingerprint density at radius 1 is 1.12 bits per heavy atom. The van der Waals surface area contributed by atoms with Gasteiger partial charge in [-0.2, -0.15) is 0 Å². The lowest BCUT2D eigenvalue weighted by Crippen LogP contribution is -2.14. The van der Waals surface area contributed by atoms with Crippen molar-refractivity contribution in [2.45, 2.75) is 5.75 Å². The van der Waals surface area contributed by atoms with Gasteiger partial charge in [0.15, 0.2) is 0 Å². The molecule has 16 heavy (non-hydrogen) atoms. The Hall–Kier alpha value is -1.61. The summed E-state index contributed by atoms with van der Waals surface area (Å²) in [6.07, 6.45) is 5.54. The fourth-order valence-electron chi connectivity index (χ4n) is 1.28. The number of rotatable bonds is 3. The van der Waals surface area contributed by atoms with E-state index in [1.165, 1.54) is 23.9 Å². The highest BCUT2D eigenvalue weighted by molar-refractivity contribution is 8.03. The monoisotopic (exact) mass is 229 g/mol. The lowest BCUT2D eigenvalue weighted by Gasteiger charge is -2.05. The van der Waals surface area contributed by atoms with Crippen LogP contribution in [-0.4, -0.2) is 11.6 Å². The van der Waals surface area contributed by atoms with Gasteiger partial charge >= 0.3 is 0 Å². The average Bonchev–Trinajstić information content (AvgIpc) is 2.32. The minimum Gasteiger partial charge on any atom is -0.286 e. The van der Waals surface area contributed by atoms with E-state index < -0.39 is 11.6 Å². The molecule has 2 rings (SSSR count). The van der Waals surface area contributed by atoms with Gasteiger partial charge in [-0.1, -0.05) is 30.3 Å². The lowest BCUT2D eigenvalue weighted by molar-refractivity contribution is -0.131. The molecule has 0 atom stereocenters. The zero-order valence-electron chi connectivity index (χ0n) is 8.47. The van der Waals surface area contributed by atoms with Gasteiger partial charge in [0.25, 0.3) is 0 Å². The first kappa shape index (κ1) is 10.9. The fourth-order valence-corrected chi connectivity index (χ4v) is 2.17. The molecule has 0 unspecified atom stereocenters. The fraction of sp³-hybridized carbons (Fsp3) is 0.0769. The third-order valence-electron chi connectivity index (χ3n) is 2.11. The van der Waals surface area contributed by atoms with Crippen LogP contribution in [0.5, 0.6) is 0 Å². The van der Waals surface area contributed by atoms with Crippen molar-refractivity contribution in [2.24, 2.45) is 0 Å². The van der Waals surface area contributed by atoms with Crippen LogP contribution in [0.3, 0.4) is 0 Å². The molecule has 0 spiro atoms. The Morgan fingerprint density at radius 3 is 2.62 bits per heavy atom. The van der Waals surface area contributed by atoms with Gasteiger partial charge in [0, 0.05) is 11.8 Å². The smallest absolute Gasteiger partial charge is 0.239 e. The second-order valence-corrected chi connectivity index (χ2v) is 4.26. The van der Waals surface area contributed by atoms with Gasteiger partial charge in [-0.15, -0.1) is 11.8 Å². The molecule has 3 heteroatoms. The van der Waals surface area contributed by atoms with Crippen LogP contribution in [0.4, 0.5) is 0 Å². The van der Waals surface area contributed by atoms with Gasteiger partial charge < -0.3 is 0 Å². The molecular formula is C13H9O2S. The maximum Gasteiger partial charge on any atom is 0.239 e. The number of carbonyl (C=O) groups excluding carboxylic acids is 2. The number of ketones is 2. The van der Waals surface area contributed by atoms with Crippen molar-refractivity contribution in [2.75, 3.05) is 0 Å². The maximum atomic E-state index is 11.4. The molecule has 0 amide bonds. The maximum absolute atomic E-state index is 11.4. The molecule has 0 saturated carbocycles. The van der Waals surface area contributed by atoms with E-state index in [9.17, 15) is 9.59 Å². The molecule has 0 heterocycles. The standard InChI is InChI=1S/C13H9O2S/c14-11-7-4-8-12(13(11)15)16-9-10-5-2-1-3-6-10/h1-7H,9H2. The van der Waals surface area contributed by atoms with E-state index in [4.69, 9.17) is 0 Å². The highest BCUT2D eigenvalue weighted by atomic mass is 32.2. The van der Waals surface area contributed by atoms with E-state index in [0.29, 0.717) is 10.7 Å². The van der Waals surface area contributed by atoms with Crippen molar-refractivity contribution in [1.29, 1.82) is 0 Å². The number of thioether (sulfide) groups is 1. The molecule has 0 saturated heterocycles. The summed E-state index contributed by atoms with van der Waals surface area (Å²) >= 11 is 1.35. The zero-order chi connectivity index (χ0) is 11.4. The summed E-state index contributed by atoms with van der Waals surface area (Å²) in [5.74, 6) is -0.242. The molecule has 0 fully saturated rings. The number of benzene rings is 1. The molecule has 1 aliphatic rings. The minimum absolute atomic E-state index is 0.399. The Balaban J connectivity index is 2.01. The van der Waals surface area contributed by atoms with Crippen molar-refractivity contribution >= 4 is 23.3 Å². The second-order valence-electron chi connectivity index (χ2n) is 3.27. The summed E-state index contributed by atoms with van der Waals surface area (Å²) in [6.45, 7) is 0. The summed E-state index contributed by atoms with van der Waals surface area (Å²) < 4.78 is 0. The van der Waals surface area contributed by atoms with Crippen LogP contribution in [0.2, 0.25) is 0 Å². The predicted octanol–water partition coefficient (Wildman–Crippen LogP) is 2.31. The zero-order valence-corrected chi connectivity index (χ0v) is 9.29. The van der Waals surface area contributed by atoms with E-state index in [-0.39, 0.29) is 0 Å². The molecule has 0 aliphatic heterocycles. The first-order valence-electron chi connectivity index (χ1n) is 4.83. The highest BCUT2D eigenvalue weighted by Crippen LogP contribution is 2.23. The minimum atomic E-state index is -0.464. The van der Waals surface area contributed by atoms with Gasteiger partial charge in [0.2, 0.25) is 11.6 Å². The topological polar surface area (TPSA) is 34.1 Å². The first-order chi connectivity index (χ1) is 7.77. The molecule has 79 valence electrons. The summed E-state index contributed by atoms with van der Waals surface area (Å²) in [7, 11) is 0. The third kappa shape index (κ3) is 2.49. The van der Waals surface area contributed by atoms with Crippen LogP contribution in [0.25, 0.3) is 0 Å². The van der Waals surface area contributed by atoms with Crippen LogP contribution in [0.15, 0.2) is 47.4 Å². The van der Waals surface area contributed by atoms with E-state index in [2.05, 4.69) is 6.08 Å². The molecule has 0 bridgehead atoms. The Labute approximate surface area is 98.0 Å². The van der Waals surface area contributed by atoms with E-state index in [1.807, 2.05) is 30.3 Å². The Bertz CT molecular complexity index is 472. The van der Waals surface area contributed by atoms with Crippen LogP contribution < -0.4 is 0 Å². The number of allylic oxidation sites excluding steroid dienone is 4. The second kappa shape index (κ2) is 4.94. The van der Waals surface area contributed by atoms with Crippen molar-refractivity contribution in [1.82, 2.24) is 0 Å². The van der Waals surface area contributed by atoms with Gasteiger partial charge in [0.1, 0.15) is 0 Å². The predicted molar refractivity (Wildman–Crippen MR) is 63.6 cm³/mol. The summed E-state index contributed by atoms with van der Waals surface area (Å²) in [5.41, 5.74) is 1.12. The number of hydrogen-bond acceptors (Lipinski definition) is 3. The van der Waals surface area contributed by atoms with Gasteiger partial charge in [-0.25, -0.2) is 0 Å². The van der Waals surface area contributed by atoms with Crippen LogP contribution in [-0.2, 0) is 15.3 Å². The number of carbonyl (C=O) groups is 2. The summed E-state index contributed by atoms with van der Waals surface area (Å²) in [6, 6.07) is 9.80. The van der Waals surface area contributed by atoms with E-state index >= 15 is 0 Å². The van der Waals surface area contributed by atoms with Crippen LogP contribution in [0.1, 0.15) is 5.56 Å². The van der Waals surface area contributed by atoms with Gasteiger partial charge in [0.05, 0.1) is 4.91 Å². The SMILES string of the molecule is O=C1C=C[C]=C(SCc2ccccc2)C1=O. The summed E-state index contributed by atoms with van der Waals surface area (Å²) in [4.78, 5) is 22.9. The van der Waals surface area contributed by atoms with E-state index in [0.717, 1.165) is 5.56 Å². The lowest BCUT2D eigenvalue weighted by atomic mass is 10.1. The average molecular weight is 229 g/mol. The normalized spacial score (nSPS) is 15.1. The first-order valence-corrected chi connectivity index (χ1v) is 5.81. The van der Waals surface area contributed by atoms with Crippen molar-refractivity contribution in [3.63, 3.8) is 0 Å². The van der Waals surface area contributed by atoms with Crippen molar-refractivity contribution in [3.05, 3.63) is 59.0 Å². The Morgan fingerprint density at radius 2 is 1.88 bits per heavy atom. The molecular weight excluding hydrogens is 220 g/mol. The van der Waals surface area contributed by atoms with Crippen molar-refractivity contribution in [3.8, 4) is 0 Å².